The molecule has 5 heteroatoms. The van der Waals surface area contributed by atoms with Crippen LogP contribution in [0.15, 0.2) is 0 Å². The second kappa shape index (κ2) is 3.84. The van der Waals surface area contributed by atoms with Crippen LogP contribution < -0.4 is 11.1 Å². The summed E-state index contributed by atoms with van der Waals surface area (Å²) in [5.74, 6) is -0.657. The Bertz CT molecular complexity index is 146. The molecule has 0 aromatic carbocycles. The van der Waals surface area contributed by atoms with Crippen LogP contribution in [0.5, 0.6) is 0 Å². The van der Waals surface area contributed by atoms with Crippen molar-refractivity contribution >= 4 is 12.0 Å². The Balaban J connectivity index is 3.73. The van der Waals surface area contributed by atoms with Crippen molar-refractivity contribution in [1.82, 2.24) is 5.32 Å². The van der Waals surface area contributed by atoms with E-state index in [1.54, 1.807) is 12.2 Å². The van der Waals surface area contributed by atoms with Gasteiger partial charge in [0.2, 0.25) is 5.91 Å². The van der Waals surface area contributed by atoms with Gasteiger partial charge in [0.25, 0.3) is 0 Å². The summed E-state index contributed by atoms with van der Waals surface area (Å²) < 4.78 is 0. The zero-order chi connectivity index (χ0) is 8.15. The molecule has 0 aliphatic heterocycles. The second-order valence-corrected chi connectivity index (χ2v) is 1.81. The molecule has 0 spiro atoms. The molecule has 0 rings (SSSR count). The molecule has 4 N–H and O–H groups in total. The van der Waals surface area contributed by atoms with Crippen LogP contribution in [0.4, 0.5) is 4.79 Å². The van der Waals surface area contributed by atoms with Gasteiger partial charge < -0.3 is 10.8 Å². The van der Waals surface area contributed by atoms with Gasteiger partial charge in [-0.15, -0.1) is 0 Å². The number of hydrogen-bond donors (Lipinski definition) is 3. The lowest BCUT2D eigenvalue weighted by molar-refractivity contribution is -0.121. The van der Waals surface area contributed by atoms with Gasteiger partial charge in [0.05, 0.1) is 6.04 Å². The average Bonchev–Trinajstić information content (AvgIpc) is 1.85. The van der Waals surface area contributed by atoms with Gasteiger partial charge in [0, 0.05) is 0 Å². The van der Waals surface area contributed by atoms with E-state index in [0.717, 1.165) is 0 Å². The Labute approximate surface area is 58.2 Å². The maximum absolute atomic E-state index is 10.6. The normalized spacial score (nSPS) is 12.2. The van der Waals surface area contributed by atoms with E-state index in [4.69, 9.17) is 10.8 Å². The van der Waals surface area contributed by atoms with E-state index in [1.807, 2.05) is 0 Å². The van der Waals surface area contributed by atoms with Crippen LogP contribution in [0.2, 0.25) is 0 Å². The van der Waals surface area contributed by atoms with Gasteiger partial charge in [-0.25, -0.2) is 4.79 Å². The van der Waals surface area contributed by atoms with Gasteiger partial charge in [-0.1, -0.05) is 6.92 Å². The molecule has 10 heavy (non-hydrogen) atoms. The Morgan fingerprint density at radius 2 is 2.20 bits per heavy atom. The van der Waals surface area contributed by atoms with Crippen LogP contribution in [0, 0.1) is 0 Å². The van der Waals surface area contributed by atoms with E-state index in [2.05, 4.69) is 0 Å². The number of hydrogen-bond acceptors (Lipinski definition) is 3. The van der Waals surface area contributed by atoms with E-state index in [1.165, 1.54) is 0 Å². The topological polar surface area (TPSA) is 92.4 Å². The quantitative estimate of drug-likeness (QED) is 0.490. The van der Waals surface area contributed by atoms with Crippen molar-refractivity contribution in [3.8, 4) is 0 Å². The van der Waals surface area contributed by atoms with Crippen molar-refractivity contribution in [2.45, 2.75) is 19.4 Å². The fourth-order valence-electron chi connectivity index (χ4n) is 0.383. The first kappa shape index (κ1) is 8.90. The largest absolute Gasteiger partial charge is 0.465 e. The van der Waals surface area contributed by atoms with E-state index in [9.17, 15) is 9.59 Å². The molecule has 0 saturated carbocycles. The predicted molar refractivity (Wildman–Crippen MR) is 34.4 cm³/mol. The first-order valence-corrected chi connectivity index (χ1v) is 2.87. The summed E-state index contributed by atoms with van der Waals surface area (Å²) in [5, 5.41) is 9.69. The molecule has 5 nitrogen and oxygen atoms in total. The summed E-state index contributed by atoms with van der Waals surface area (Å²) >= 11 is 0. The molecule has 0 aliphatic carbocycles. The minimum atomic E-state index is -1.37. The van der Waals surface area contributed by atoms with Crippen LogP contribution >= 0.6 is 0 Å². The van der Waals surface area contributed by atoms with Crippen LogP contribution in [0.1, 0.15) is 13.3 Å². The Morgan fingerprint density at radius 3 is 2.50 bits per heavy atom. The molecule has 0 saturated heterocycles. The number of carbonyl (C=O) groups excluding carboxylic acids is 1. The molecule has 2 amide bonds. The maximum Gasteiger partial charge on any atom is 0.411 e. The second-order valence-electron chi connectivity index (χ2n) is 1.81. The van der Waals surface area contributed by atoms with Crippen molar-refractivity contribution < 1.29 is 14.7 Å². The summed E-state index contributed by atoms with van der Waals surface area (Å²) in [7, 11) is 0. The molecule has 0 radical (unpaired) electrons. The third-order valence-electron chi connectivity index (χ3n) is 1.01. The SMILES string of the molecule is CCC(N)C(=O)NC(=O)O. The van der Waals surface area contributed by atoms with Crippen molar-refractivity contribution in [3.05, 3.63) is 0 Å². The fourth-order valence-corrected chi connectivity index (χ4v) is 0.383. The Kier molecular flexibility index (Phi) is 3.42. The lowest BCUT2D eigenvalue weighted by Gasteiger charge is -2.04. The van der Waals surface area contributed by atoms with Gasteiger partial charge in [0.15, 0.2) is 0 Å². The lowest BCUT2D eigenvalue weighted by atomic mass is 10.2. The highest BCUT2D eigenvalue weighted by Crippen LogP contribution is 1.84. The Hall–Kier alpha value is -1.10. The van der Waals surface area contributed by atoms with E-state index >= 15 is 0 Å². The van der Waals surface area contributed by atoms with Crippen LogP contribution in [-0.2, 0) is 4.79 Å². The molecule has 0 aliphatic rings. The average molecular weight is 146 g/mol. The van der Waals surface area contributed by atoms with Gasteiger partial charge in [-0.3, -0.25) is 10.1 Å². The zero-order valence-electron chi connectivity index (χ0n) is 5.63. The molecule has 0 heterocycles. The third-order valence-corrected chi connectivity index (χ3v) is 1.01. The smallest absolute Gasteiger partial charge is 0.411 e. The summed E-state index contributed by atoms with van der Waals surface area (Å²) in [6, 6.07) is -0.726. The highest BCUT2D eigenvalue weighted by atomic mass is 16.4. The summed E-state index contributed by atoms with van der Waals surface area (Å²) in [6.45, 7) is 1.70. The predicted octanol–water partition coefficient (Wildman–Crippen LogP) is -0.482. The molecule has 0 bridgehead atoms. The van der Waals surface area contributed by atoms with Crippen molar-refractivity contribution in [2.75, 3.05) is 0 Å². The summed E-state index contributed by atoms with van der Waals surface area (Å²) in [4.78, 5) is 20.4. The zero-order valence-corrected chi connectivity index (χ0v) is 5.63. The first-order chi connectivity index (χ1) is 4.57. The van der Waals surface area contributed by atoms with Gasteiger partial charge >= 0.3 is 6.09 Å². The standard InChI is InChI=1S/C5H10N2O3/c1-2-3(6)4(8)7-5(9)10/h3H,2,6H2,1H3,(H,7,8)(H,9,10). The van der Waals surface area contributed by atoms with Crippen molar-refractivity contribution in [2.24, 2.45) is 5.73 Å². The Morgan fingerprint density at radius 1 is 1.70 bits per heavy atom. The van der Waals surface area contributed by atoms with Crippen LogP contribution in [0.25, 0.3) is 0 Å². The van der Waals surface area contributed by atoms with E-state index in [-0.39, 0.29) is 0 Å². The van der Waals surface area contributed by atoms with Gasteiger partial charge in [-0.05, 0) is 6.42 Å². The molecule has 1 atom stereocenters. The summed E-state index contributed by atoms with van der Waals surface area (Å²) in [6.07, 6.45) is -0.937. The van der Waals surface area contributed by atoms with Crippen LogP contribution in [0.3, 0.4) is 0 Å². The number of nitrogens with one attached hydrogen (secondary N) is 1. The first-order valence-electron chi connectivity index (χ1n) is 2.87. The molecule has 58 valence electrons. The molecule has 0 fully saturated rings. The minimum Gasteiger partial charge on any atom is -0.465 e. The fraction of sp³-hybridized carbons (Fsp3) is 0.600. The summed E-state index contributed by atoms with van der Waals surface area (Å²) in [5.41, 5.74) is 5.19. The number of imide groups is 1. The number of carboxylic acid groups (broad SMARTS) is 1. The maximum atomic E-state index is 10.6. The lowest BCUT2D eigenvalue weighted by Crippen LogP contribution is -2.42. The molecule has 1 unspecified atom stereocenters. The number of nitrogens with two attached hydrogens (primary N) is 1. The minimum absolute atomic E-state index is 0.430. The molecular formula is C5H10N2O3. The molecule has 0 aromatic heterocycles. The molecular weight excluding hydrogens is 136 g/mol. The number of amides is 2. The highest BCUT2D eigenvalue weighted by Gasteiger charge is 2.12. The van der Waals surface area contributed by atoms with Gasteiger partial charge in [0.1, 0.15) is 0 Å². The number of rotatable bonds is 2. The monoisotopic (exact) mass is 146 g/mol. The highest BCUT2D eigenvalue weighted by molar-refractivity contribution is 5.93. The van der Waals surface area contributed by atoms with E-state index in [0.29, 0.717) is 6.42 Å². The van der Waals surface area contributed by atoms with Crippen molar-refractivity contribution in [1.29, 1.82) is 0 Å². The molecule has 0 aromatic rings. The number of carbonyl (C=O) groups is 2. The third kappa shape index (κ3) is 3.03. The van der Waals surface area contributed by atoms with E-state index < -0.39 is 18.0 Å². The van der Waals surface area contributed by atoms with Gasteiger partial charge in [-0.2, -0.15) is 0 Å². The van der Waals surface area contributed by atoms with Crippen molar-refractivity contribution in [3.63, 3.8) is 0 Å². The van der Waals surface area contributed by atoms with Crippen LogP contribution in [-0.4, -0.2) is 23.1 Å².